The van der Waals surface area contributed by atoms with Gasteiger partial charge in [-0.25, -0.2) is 0 Å². The van der Waals surface area contributed by atoms with Crippen molar-refractivity contribution in [3.63, 3.8) is 0 Å². The lowest BCUT2D eigenvalue weighted by Gasteiger charge is -1.99. The second-order valence-electron chi connectivity index (χ2n) is 2.33. The highest BCUT2D eigenvalue weighted by molar-refractivity contribution is 5.03. The second kappa shape index (κ2) is 5.10. The van der Waals surface area contributed by atoms with Gasteiger partial charge in [0.05, 0.1) is 13.2 Å². The molecule has 1 heterocycles. The van der Waals surface area contributed by atoms with E-state index < -0.39 is 0 Å². The maximum Gasteiger partial charge on any atom is 0.177 e. The van der Waals surface area contributed by atoms with Gasteiger partial charge >= 0.3 is 0 Å². The zero-order valence-electron chi connectivity index (χ0n) is 6.82. The molecule has 2 nitrogen and oxygen atoms in total. The van der Waals surface area contributed by atoms with Crippen LogP contribution in [0.1, 0.15) is 13.3 Å². The first-order valence-electron chi connectivity index (χ1n) is 4.00. The van der Waals surface area contributed by atoms with Crippen LogP contribution in [0.4, 0.5) is 0 Å². The SMILES string of the molecule is CCC=CC=CC1OCCO1. The molecule has 0 atom stereocenters. The van der Waals surface area contributed by atoms with Gasteiger partial charge in [0.1, 0.15) is 0 Å². The summed E-state index contributed by atoms with van der Waals surface area (Å²) in [6.45, 7) is 3.53. The lowest BCUT2D eigenvalue weighted by Crippen LogP contribution is -2.01. The Morgan fingerprint density at radius 1 is 1.27 bits per heavy atom. The van der Waals surface area contributed by atoms with Crippen LogP contribution in [0.2, 0.25) is 0 Å². The molecule has 0 aromatic heterocycles. The molecular weight excluding hydrogens is 140 g/mol. The van der Waals surface area contributed by atoms with Crippen LogP contribution in [0.25, 0.3) is 0 Å². The van der Waals surface area contributed by atoms with Crippen LogP contribution < -0.4 is 0 Å². The van der Waals surface area contributed by atoms with Gasteiger partial charge in [-0.15, -0.1) is 0 Å². The van der Waals surface area contributed by atoms with Crippen LogP contribution in [-0.2, 0) is 9.47 Å². The predicted octanol–water partition coefficient (Wildman–Crippen LogP) is 1.88. The average molecular weight is 154 g/mol. The van der Waals surface area contributed by atoms with Gasteiger partial charge < -0.3 is 9.47 Å². The van der Waals surface area contributed by atoms with E-state index >= 15 is 0 Å². The van der Waals surface area contributed by atoms with Gasteiger partial charge in [0, 0.05) is 0 Å². The number of ether oxygens (including phenoxy) is 2. The van der Waals surface area contributed by atoms with E-state index in [0.29, 0.717) is 13.2 Å². The van der Waals surface area contributed by atoms with Crippen LogP contribution in [0.3, 0.4) is 0 Å². The maximum atomic E-state index is 5.19. The first kappa shape index (κ1) is 8.50. The summed E-state index contributed by atoms with van der Waals surface area (Å²) >= 11 is 0. The molecule has 62 valence electrons. The zero-order valence-corrected chi connectivity index (χ0v) is 6.82. The molecule has 0 aliphatic carbocycles. The second-order valence-corrected chi connectivity index (χ2v) is 2.33. The molecule has 1 fully saturated rings. The number of hydrogen-bond donors (Lipinski definition) is 0. The molecule has 1 rings (SSSR count). The van der Waals surface area contributed by atoms with Crippen molar-refractivity contribution in [3.05, 3.63) is 24.3 Å². The van der Waals surface area contributed by atoms with Crippen LogP contribution in [0.5, 0.6) is 0 Å². The van der Waals surface area contributed by atoms with Crippen LogP contribution >= 0.6 is 0 Å². The highest BCUT2D eigenvalue weighted by atomic mass is 16.7. The molecule has 0 saturated carbocycles. The van der Waals surface area contributed by atoms with Crippen molar-refractivity contribution in [1.29, 1.82) is 0 Å². The summed E-state index contributed by atoms with van der Waals surface area (Å²) in [5.41, 5.74) is 0. The van der Waals surface area contributed by atoms with Gasteiger partial charge in [-0.1, -0.05) is 25.2 Å². The van der Waals surface area contributed by atoms with Crippen molar-refractivity contribution in [3.8, 4) is 0 Å². The lowest BCUT2D eigenvalue weighted by molar-refractivity contribution is -0.00152. The van der Waals surface area contributed by atoms with E-state index in [9.17, 15) is 0 Å². The minimum absolute atomic E-state index is 0.114. The Bertz CT molecular complexity index is 144. The van der Waals surface area contributed by atoms with Crippen molar-refractivity contribution in [2.45, 2.75) is 19.6 Å². The van der Waals surface area contributed by atoms with E-state index in [0.717, 1.165) is 6.42 Å². The molecule has 0 aromatic carbocycles. The molecule has 0 N–H and O–H groups in total. The van der Waals surface area contributed by atoms with Crippen LogP contribution in [-0.4, -0.2) is 19.5 Å². The molecule has 1 aliphatic rings. The minimum Gasteiger partial charge on any atom is -0.347 e. The molecule has 0 bridgehead atoms. The Kier molecular flexibility index (Phi) is 3.94. The minimum atomic E-state index is -0.114. The Labute approximate surface area is 67.5 Å². The molecule has 2 heteroatoms. The Hall–Kier alpha value is -0.600. The quantitative estimate of drug-likeness (QED) is 0.578. The molecule has 1 saturated heterocycles. The maximum absolute atomic E-state index is 5.19. The van der Waals surface area contributed by atoms with E-state index in [2.05, 4.69) is 13.0 Å². The molecule has 11 heavy (non-hydrogen) atoms. The highest BCUT2D eigenvalue weighted by Crippen LogP contribution is 2.04. The predicted molar refractivity (Wildman–Crippen MR) is 44.3 cm³/mol. The first-order chi connectivity index (χ1) is 5.43. The Morgan fingerprint density at radius 2 is 2.00 bits per heavy atom. The zero-order chi connectivity index (χ0) is 7.94. The van der Waals surface area contributed by atoms with Gasteiger partial charge in [0.25, 0.3) is 0 Å². The van der Waals surface area contributed by atoms with E-state index in [1.807, 2.05) is 18.2 Å². The van der Waals surface area contributed by atoms with Gasteiger partial charge in [-0.3, -0.25) is 0 Å². The monoisotopic (exact) mass is 154 g/mol. The summed E-state index contributed by atoms with van der Waals surface area (Å²) in [7, 11) is 0. The number of allylic oxidation sites excluding steroid dienone is 3. The lowest BCUT2D eigenvalue weighted by atomic mass is 10.4. The summed E-state index contributed by atoms with van der Waals surface area (Å²) in [6, 6.07) is 0. The normalized spacial score (nSPS) is 20.8. The number of rotatable bonds is 3. The summed E-state index contributed by atoms with van der Waals surface area (Å²) in [5, 5.41) is 0. The van der Waals surface area contributed by atoms with Gasteiger partial charge in [-0.2, -0.15) is 0 Å². The van der Waals surface area contributed by atoms with Crippen molar-refractivity contribution in [2.24, 2.45) is 0 Å². The Morgan fingerprint density at radius 3 is 2.64 bits per heavy atom. The van der Waals surface area contributed by atoms with Crippen molar-refractivity contribution < 1.29 is 9.47 Å². The average Bonchev–Trinajstić information content (AvgIpc) is 2.50. The topological polar surface area (TPSA) is 18.5 Å². The van der Waals surface area contributed by atoms with Crippen LogP contribution in [0, 0.1) is 0 Å². The molecule has 0 aromatic rings. The molecular formula is C9H14O2. The largest absolute Gasteiger partial charge is 0.347 e. The molecule has 1 aliphatic heterocycles. The van der Waals surface area contributed by atoms with Gasteiger partial charge in [0.15, 0.2) is 6.29 Å². The molecule has 0 unspecified atom stereocenters. The third-order valence-corrected chi connectivity index (χ3v) is 1.40. The Balaban J connectivity index is 2.17. The van der Waals surface area contributed by atoms with Gasteiger partial charge in [-0.05, 0) is 12.5 Å². The van der Waals surface area contributed by atoms with Crippen LogP contribution in [0.15, 0.2) is 24.3 Å². The fourth-order valence-electron chi connectivity index (χ4n) is 0.857. The van der Waals surface area contributed by atoms with Crippen molar-refractivity contribution >= 4 is 0 Å². The van der Waals surface area contributed by atoms with E-state index in [1.165, 1.54) is 0 Å². The van der Waals surface area contributed by atoms with Gasteiger partial charge in [0.2, 0.25) is 0 Å². The highest BCUT2D eigenvalue weighted by Gasteiger charge is 2.10. The number of hydrogen-bond acceptors (Lipinski definition) is 2. The molecule has 0 radical (unpaired) electrons. The van der Waals surface area contributed by atoms with Crippen molar-refractivity contribution in [2.75, 3.05) is 13.2 Å². The van der Waals surface area contributed by atoms with Crippen molar-refractivity contribution in [1.82, 2.24) is 0 Å². The van der Waals surface area contributed by atoms with E-state index in [4.69, 9.17) is 9.47 Å². The third kappa shape index (κ3) is 3.35. The summed E-state index contributed by atoms with van der Waals surface area (Å²) < 4.78 is 10.4. The standard InChI is InChI=1S/C9H14O2/c1-2-3-4-5-6-9-10-7-8-11-9/h3-6,9H,2,7-8H2,1H3. The fraction of sp³-hybridized carbons (Fsp3) is 0.556. The van der Waals surface area contributed by atoms with E-state index in [-0.39, 0.29) is 6.29 Å². The smallest absolute Gasteiger partial charge is 0.177 e. The fourth-order valence-corrected chi connectivity index (χ4v) is 0.857. The summed E-state index contributed by atoms with van der Waals surface area (Å²) in [5.74, 6) is 0. The summed E-state index contributed by atoms with van der Waals surface area (Å²) in [6.07, 6.45) is 8.92. The molecule has 0 spiro atoms. The molecule has 0 amide bonds. The third-order valence-electron chi connectivity index (χ3n) is 1.40. The summed E-state index contributed by atoms with van der Waals surface area (Å²) in [4.78, 5) is 0. The van der Waals surface area contributed by atoms with E-state index in [1.54, 1.807) is 0 Å². The first-order valence-corrected chi connectivity index (χ1v) is 4.00.